The Morgan fingerprint density at radius 3 is 2.36 bits per heavy atom. The summed E-state index contributed by atoms with van der Waals surface area (Å²) >= 11 is 0. The highest BCUT2D eigenvalue weighted by molar-refractivity contribution is 5.72. The summed E-state index contributed by atoms with van der Waals surface area (Å²) in [4.78, 5) is 12.9. The summed E-state index contributed by atoms with van der Waals surface area (Å²) < 4.78 is 5.35. The molecule has 4 nitrogen and oxygen atoms in total. The lowest BCUT2D eigenvalue weighted by atomic mass is 9.99. The topological polar surface area (TPSA) is 49.8 Å². The van der Waals surface area contributed by atoms with E-state index in [0.29, 0.717) is 5.75 Å². The average molecular weight is 299 g/mol. The van der Waals surface area contributed by atoms with Gasteiger partial charge in [0.1, 0.15) is 5.75 Å². The molecule has 116 valence electrons. The maximum atomic E-state index is 10.8. The van der Waals surface area contributed by atoms with Gasteiger partial charge in [-0.1, -0.05) is 36.4 Å². The van der Waals surface area contributed by atoms with Crippen molar-refractivity contribution in [3.8, 4) is 16.9 Å². The smallest absolute Gasteiger partial charge is 0.344 e. The van der Waals surface area contributed by atoms with Gasteiger partial charge in [-0.05, 0) is 49.8 Å². The number of carboxylic acid groups (broad SMARTS) is 1. The molecular weight excluding hydrogens is 278 g/mol. The molecule has 4 heteroatoms. The second-order valence-electron chi connectivity index (χ2n) is 5.52. The van der Waals surface area contributed by atoms with Crippen LogP contribution in [-0.4, -0.2) is 36.2 Å². The first kappa shape index (κ1) is 16.0. The van der Waals surface area contributed by atoms with Gasteiger partial charge in [-0.15, -0.1) is 0 Å². The molecule has 0 aliphatic rings. The van der Waals surface area contributed by atoms with Crippen molar-refractivity contribution >= 4 is 5.97 Å². The number of carboxylic acids is 1. The van der Waals surface area contributed by atoms with Crippen molar-refractivity contribution in [2.75, 3.05) is 14.1 Å². The molecule has 0 saturated heterocycles. The Morgan fingerprint density at radius 2 is 1.77 bits per heavy atom. The van der Waals surface area contributed by atoms with Crippen molar-refractivity contribution in [1.29, 1.82) is 0 Å². The van der Waals surface area contributed by atoms with Crippen LogP contribution in [-0.2, 0) is 11.3 Å². The highest BCUT2D eigenvalue weighted by Gasteiger charge is 2.12. The third kappa shape index (κ3) is 4.09. The van der Waals surface area contributed by atoms with Gasteiger partial charge in [0.2, 0.25) is 0 Å². The van der Waals surface area contributed by atoms with Crippen LogP contribution >= 0.6 is 0 Å². The van der Waals surface area contributed by atoms with E-state index in [1.165, 1.54) is 18.1 Å². The van der Waals surface area contributed by atoms with Crippen LogP contribution in [0.2, 0.25) is 0 Å². The Balaban J connectivity index is 2.22. The molecule has 2 rings (SSSR count). The Hall–Kier alpha value is -2.33. The van der Waals surface area contributed by atoms with Gasteiger partial charge in [0.05, 0.1) is 0 Å². The zero-order valence-corrected chi connectivity index (χ0v) is 13.1. The quantitative estimate of drug-likeness (QED) is 0.889. The number of benzene rings is 2. The summed E-state index contributed by atoms with van der Waals surface area (Å²) in [5, 5.41) is 8.87. The molecular formula is C18H21NO3. The van der Waals surface area contributed by atoms with Gasteiger partial charge in [0.15, 0.2) is 6.10 Å². The Kier molecular flexibility index (Phi) is 5.17. The fraction of sp³-hybridized carbons (Fsp3) is 0.278. The minimum absolute atomic E-state index is 0.559. The number of hydrogen-bond donors (Lipinski definition) is 1. The SMILES string of the molecule is CC(Oc1ccc(-c2ccccc2CN(C)C)cc1)C(=O)O. The lowest BCUT2D eigenvalue weighted by molar-refractivity contribution is -0.144. The van der Waals surface area contributed by atoms with Crippen LogP contribution in [0.25, 0.3) is 11.1 Å². The van der Waals surface area contributed by atoms with Crippen LogP contribution in [0, 0.1) is 0 Å². The van der Waals surface area contributed by atoms with E-state index in [2.05, 4.69) is 17.0 Å². The predicted molar refractivity (Wildman–Crippen MR) is 87.0 cm³/mol. The van der Waals surface area contributed by atoms with Crippen LogP contribution in [0.5, 0.6) is 5.75 Å². The lowest BCUT2D eigenvalue weighted by Crippen LogP contribution is -2.22. The largest absolute Gasteiger partial charge is 0.479 e. The third-order valence-electron chi connectivity index (χ3n) is 3.33. The van der Waals surface area contributed by atoms with Crippen molar-refractivity contribution in [2.45, 2.75) is 19.6 Å². The number of carbonyl (C=O) groups is 1. The highest BCUT2D eigenvalue weighted by atomic mass is 16.5. The molecule has 0 aliphatic carbocycles. The van der Waals surface area contributed by atoms with Crippen LogP contribution in [0.15, 0.2) is 48.5 Å². The first-order valence-electron chi connectivity index (χ1n) is 7.20. The molecule has 0 fully saturated rings. The van der Waals surface area contributed by atoms with Gasteiger partial charge < -0.3 is 14.7 Å². The maximum absolute atomic E-state index is 10.8. The molecule has 2 aromatic rings. The van der Waals surface area contributed by atoms with E-state index in [1.807, 2.05) is 38.4 Å². The van der Waals surface area contributed by atoms with Crippen molar-refractivity contribution in [3.05, 3.63) is 54.1 Å². The van der Waals surface area contributed by atoms with Crippen molar-refractivity contribution in [3.63, 3.8) is 0 Å². The summed E-state index contributed by atoms with van der Waals surface area (Å²) in [6.07, 6.45) is -0.855. The summed E-state index contributed by atoms with van der Waals surface area (Å²) in [6.45, 7) is 2.38. The molecule has 1 atom stereocenters. The van der Waals surface area contributed by atoms with Gasteiger partial charge in [0.25, 0.3) is 0 Å². The Morgan fingerprint density at radius 1 is 1.14 bits per heavy atom. The zero-order chi connectivity index (χ0) is 16.1. The van der Waals surface area contributed by atoms with E-state index in [-0.39, 0.29) is 0 Å². The van der Waals surface area contributed by atoms with E-state index < -0.39 is 12.1 Å². The third-order valence-corrected chi connectivity index (χ3v) is 3.33. The normalized spacial score (nSPS) is 12.2. The number of nitrogens with zero attached hydrogens (tertiary/aromatic N) is 1. The summed E-state index contributed by atoms with van der Waals surface area (Å²) in [5.41, 5.74) is 3.52. The van der Waals surface area contributed by atoms with Gasteiger partial charge >= 0.3 is 5.97 Å². The Bertz CT molecular complexity index is 635. The average Bonchev–Trinajstić information content (AvgIpc) is 2.48. The molecule has 0 aliphatic heterocycles. The van der Waals surface area contributed by atoms with Crippen LogP contribution < -0.4 is 4.74 Å². The molecule has 0 spiro atoms. The number of aliphatic carboxylic acids is 1. The monoisotopic (exact) mass is 299 g/mol. The zero-order valence-electron chi connectivity index (χ0n) is 13.1. The van der Waals surface area contributed by atoms with E-state index >= 15 is 0 Å². The number of hydrogen-bond acceptors (Lipinski definition) is 3. The van der Waals surface area contributed by atoms with Gasteiger partial charge in [0, 0.05) is 6.54 Å². The molecule has 0 heterocycles. The molecule has 0 radical (unpaired) electrons. The van der Waals surface area contributed by atoms with Crippen molar-refractivity contribution in [2.24, 2.45) is 0 Å². The molecule has 1 N–H and O–H groups in total. The fourth-order valence-corrected chi connectivity index (χ4v) is 2.25. The van der Waals surface area contributed by atoms with Crippen molar-refractivity contribution < 1.29 is 14.6 Å². The summed E-state index contributed by atoms with van der Waals surface area (Å²) in [6, 6.07) is 15.8. The van der Waals surface area contributed by atoms with E-state index in [0.717, 1.165) is 12.1 Å². The lowest BCUT2D eigenvalue weighted by Gasteiger charge is -2.15. The Labute approximate surface area is 131 Å². The van der Waals surface area contributed by atoms with Crippen LogP contribution in [0.3, 0.4) is 0 Å². The summed E-state index contributed by atoms with van der Waals surface area (Å²) in [7, 11) is 4.09. The van der Waals surface area contributed by atoms with Gasteiger partial charge in [-0.2, -0.15) is 0 Å². The highest BCUT2D eigenvalue weighted by Crippen LogP contribution is 2.26. The van der Waals surface area contributed by atoms with Crippen LogP contribution in [0.1, 0.15) is 12.5 Å². The molecule has 0 bridgehead atoms. The molecule has 0 saturated carbocycles. The van der Waals surface area contributed by atoms with Gasteiger partial charge in [-0.25, -0.2) is 4.79 Å². The fourth-order valence-electron chi connectivity index (χ4n) is 2.25. The van der Waals surface area contributed by atoms with Gasteiger partial charge in [-0.3, -0.25) is 0 Å². The second kappa shape index (κ2) is 7.09. The second-order valence-corrected chi connectivity index (χ2v) is 5.52. The maximum Gasteiger partial charge on any atom is 0.344 e. The molecule has 0 amide bonds. The van der Waals surface area contributed by atoms with E-state index in [1.54, 1.807) is 12.1 Å². The minimum Gasteiger partial charge on any atom is -0.479 e. The van der Waals surface area contributed by atoms with E-state index in [9.17, 15) is 4.79 Å². The minimum atomic E-state index is -0.972. The van der Waals surface area contributed by atoms with Crippen molar-refractivity contribution in [1.82, 2.24) is 4.90 Å². The predicted octanol–water partition coefficient (Wildman–Crippen LogP) is 3.27. The molecule has 0 aromatic heterocycles. The molecule has 22 heavy (non-hydrogen) atoms. The van der Waals surface area contributed by atoms with Crippen LogP contribution in [0.4, 0.5) is 0 Å². The standard InChI is InChI=1S/C18H21NO3/c1-13(18(20)21)22-16-10-8-14(9-11-16)17-7-5-4-6-15(17)12-19(2)3/h4-11,13H,12H2,1-3H3,(H,20,21). The molecule has 1 unspecified atom stereocenters. The molecule has 2 aromatic carbocycles. The number of ether oxygens (including phenoxy) is 1. The summed E-state index contributed by atoms with van der Waals surface area (Å²) in [5.74, 6) is -0.413. The first-order valence-corrected chi connectivity index (χ1v) is 7.20. The first-order chi connectivity index (χ1) is 10.5. The van der Waals surface area contributed by atoms with E-state index in [4.69, 9.17) is 9.84 Å². The number of rotatable bonds is 6.